The highest BCUT2D eigenvalue weighted by atomic mass is 32.1. The molecule has 0 aliphatic carbocycles. The molecule has 0 saturated carbocycles. The summed E-state index contributed by atoms with van der Waals surface area (Å²) >= 11 is 1.48. The summed E-state index contributed by atoms with van der Waals surface area (Å²) in [6, 6.07) is 18.4. The first-order valence-corrected chi connectivity index (χ1v) is 9.73. The lowest BCUT2D eigenvalue weighted by Gasteiger charge is -2.05. The number of carbonyl (C=O) groups is 1. The first-order valence-electron chi connectivity index (χ1n) is 8.91. The molecular formula is C22H21N3OS. The zero-order chi connectivity index (χ0) is 19.0. The first kappa shape index (κ1) is 17.5. The number of aryl methyl sites for hydroxylation is 3. The fourth-order valence-electron chi connectivity index (χ4n) is 3.00. The van der Waals surface area contributed by atoms with Crippen LogP contribution in [0.15, 0.2) is 54.6 Å². The quantitative estimate of drug-likeness (QED) is 0.549. The minimum Gasteiger partial charge on any atom is -0.347 e. The average molecular weight is 375 g/mol. The number of fused-ring (bicyclic) bond motifs is 1. The Balaban J connectivity index is 1.59. The number of nitrogens with zero attached hydrogens (tertiary/aromatic N) is 2. The molecule has 0 aliphatic rings. The Kier molecular flexibility index (Phi) is 4.54. The van der Waals surface area contributed by atoms with E-state index in [1.807, 2.05) is 29.8 Å². The van der Waals surface area contributed by atoms with Crippen molar-refractivity contribution < 1.29 is 4.79 Å². The van der Waals surface area contributed by atoms with Gasteiger partial charge in [-0.3, -0.25) is 4.79 Å². The van der Waals surface area contributed by atoms with Crippen molar-refractivity contribution in [2.24, 2.45) is 0 Å². The molecular weight excluding hydrogens is 354 g/mol. The number of thiophene rings is 1. The number of amides is 1. The second kappa shape index (κ2) is 7.00. The van der Waals surface area contributed by atoms with Gasteiger partial charge in [-0.1, -0.05) is 47.5 Å². The van der Waals surface area contributed by atoms with Gasteiger partial charge in [-0.25, -0.2) is 4.68 Å². The second-order valence-corrected chi connectivity index (χ2v) is 7.86. The van der Waals surface area contributed by atoms with Crippen LogP contribution in [0.1, 0.15) is 32.1 Å². The smallest absolute Gasteiger partial charge is 0.261 e. The fraction of sp³-hybridized carbons (Fsp3) is 0.182. The third kappa shape index (κ3) is 3.51. The van der Waals surface area contributed by atoms with Crippen LogP contribution in [0.2, 0.25) is 0 Å². The summed E-state index contributed by atoms with van der Waals surface area (Å²) in [6.07, 6.45) is 0. The van der Waals surface area contributed by atoms with Crippen molar-refractivity contribution in [1.82, 2.24) is 15.1 Å². The van der Waals surface area contributed by atoms with Gasteiger partial charge in [0.15, 0.2) is 0 Å². The van der Waals surface area contributed by atoms with Crippen molar-refractivity contribution in [2.75, 3.05) is 0 Å². The standard InChI is InChI=1S/C22H21N3OS/c1-14-4-8-17(9-5-14)13-23-21(26)20-12-19-16(3)24-25(22(19)27-20)18-10-6-15(2)7-11-18/h4-12H,13H2,1-3H3,(H,23,26). The zero-order valence-corrected chi connectivity index (χ0v) is 16.4. The summed E-state index contributed by atoms with van der Waals surface area (Å²) < 4.78 is 1.92. The largest absolute Gasteiger partial charge is 0.347 e. The molecule has 1 amide bonds. The van der Waals surface area contributed by atoms with E-state index in [2.05, 4.69) is 60.7 Å². The summed E-state index contributed by atoms with van der Waals surface area (Å²) in [6.45, 7) is 6.62. The molecule has 0 bridgehead atoms. The van der Waals surface area contributed by atoms with Crippen LogP contribution in [-0.2, 0) is 6.54 Å². The van der Waals surface area contributed by atoms with E-state index >= 15 is 0 Å². The van der Waals surface area contributed by atoms with Gasteiger partial charge in [-0.05, 0) is 44.5 Å². The van der Waals surface area contributed by atoms with Crippen LogP contribution >= 0.6 is 11.3 Å². The summed E-state index contributed by atoms with van der Waals surface area (Å²) in [5.74, 6) is -0.0494. The van der Waals surface area contributed by atoms with E-state index in [0.29, 0.717) is 11.4 Å². The Hall–Kier alpha value is -2.92. The molecule has 4 rings (SSSR count). The summed E-state index contributed by atoms with van der Waals surface area (Å²) in [5.41, 5.74) is 5.45. The molecule has 2 heterocycles. The maximum atomic E-state index is 12.6. The van der Waals surface area contributed by atoms with Gasteiger partial charge in [0.2, 0.25) is 0 Å². The highest BCUT2D eigenvalue weighted by molar-refractivity contribution is 7.20. The Morgan fingerprint density at radius 1 is 1.00 bits per heavy atom. The Morgan fingerprint density at radius 2 is 1.63 bits per heavy atom. The van der Waals surface area contributed by atoms with Crippen LogP contribution in [-0.4, -0.2) is 15.7 Å². The Bertz CT molecular complexity index is 1110. The molecule has 0 radical (unpaired) electrons. The first-order chi connectivity index (χ1) is 13.0. The third-order valence-electron chi connectivity index (χ3n) is 4.62. The number of benzene rings is 2. The molecule has 1 N–H and O–H groups in total. The van der Waals surface area contributed by atoms with Gasteiger partial charge in [0, 0.05) is 11.9 Å². The van der Waals surface area contributed by atoms with E-state index in [4.69, 9.17) is 0 Å². The monoisotopic (exact) mass is 375 g/mol. The molecule has 136 valence electrons. The van der Waals surface area contributed by atoms with Crippen molar-refractivity contribution in [3.05, 3.63) is 81.9 Å². The number of carbonyl (C=O) groups excluding carboxylic acids is 1. The van der Waals surface area contributed by atoms with E-state index in [0.717, 1.165) is 27.2 Å². The third-order valence-corrected chi connectivity index (χ3v) is 5.73. The van der Waals surface area contributed by atoms with Crippen LogP contribution in [0.5, 0.6) is 0 Å². The SMILES string of the molecule is Cc1ccc(CNC(=O)c2cc3c(C)nn(-c4ccc(C)cc4)c3s2)cc1. The topological polar surface area (TPSA) is 46.9 Å². The van der Waals surface area contributed by atoms with Crippen LogP contribution < -0.4 is 5.32 Å². The van der Waals surface area contributed by atoms with Crippen LogP contribution in [0.25, 0.3) is 15.9 Å². The normalized spacial score (nSPS) is 11.1. The number of nitrogens with one attached hydrogen (secondary N) is 1. The molecule has 0 aliphatic heterocycles. The molecule has 0 unspecified atom stereocenters. The highest BCUT2D eigenvalue weighted by Gasteiger charge is 2.17. The molecule has 0 fully saturated rings. The lowest BCUT2D eigenvalue weighted by atomic mass is 10.1. The van der Waals surface area contributed by atoms with E-state index in [9.17, 15) is 4.79 Å². The molecule has 4 aromatic rings. The summed E-state index contributed by atoms with van der Waals surface area (Å²) in [7, 11) is 0. The maximum Gasteiger partial charge on any atom is 0.261 e. The second-order valence-electron chi connectivity index (χ2n) is 6.83. The van der Waals surface area contributed by atoms with Crippen molar-refractivity contribution >= 4 is 27.5 Å². The van der Waals surface area contributed by atoms with Gasteiger partial charge >= 0.3 is 0 Å². The average Bonchev–Trinajstić information content (AvgIpc) is 3.23. The van der Waals surface area contributed by atoms with Gasteiger partial charge in [0.1, 0.15) is 4.83 Å². The van der Waals surface area contributed by atoms with Crippen molar-refractivity contribution in [1.29, 1.82) is 0 Å². The minimum absolute atomic E-state index is 0.0494. The lowest BCUT2D eigenvalue weighted by Crippen LogP contribution is -2.21. The van der Waals surface area contributed by atoms with Gasteiger partial charge < -0.3 is 5.32 Å². The molecule has 4 nitrogen and oxygen atoms in total. The number of aromatic nitrogens is 2. The molecule has 27 heavy (non-hydrogen) atoms. The molecule has 2 aromatic heterocycles. The Morgan fingerprint density at radius 3 is 2.30 bits per heavy atom. The molecule has 5 heteroatoms. The van der Waals surface area contributed by atoms with Gasteiger partial charge in [-0.15, -0.1) is 11.3 Å². The molecule has 2 aromatic carbocycles. The number of hydrogen-bond acceptors (Lipinski definition) is 3. The maximum absolute atomic E-state index is 12.6. The Labute approximate surface area is 162 Å². The van der Waals surface area contributed by atoms with Crippen molar-refractivity contribution in [2.45, 2.75) is 27.3 Å². The van der Waals surface area contributed by atoms with E-state index in [-0.39, 0.29) is 5.91 Å². The van der Waals surface area contributed by atoms with Gasteiger partial charge in [0.05, 0.1) is 16.3 Å². The summed E-state index contributed by atoms with van der Waals surface area (Å²) in [5, 5.41) is 8.69. The molecule has 0 spiro atoms. The molecule has 0 atom stereocenters. The van der Waals surface area contributed by atoms with Crippen molar-refractivity contribution in [3.63, 3.8) is 0 Å². The minimum atomic E-state index is -0.0494. The molecule has 0 saturated heterocycles. The van der Waals surface area contributed by atoms with Crippen LogP contribution in [0, 0.1) is 20.8 Å². The van der Waals surface area contributed by atoms with Crippen LogP contribution in [0.3, 0.4) is 0 Å². The number of hydrogen-bond donors (Lipinski definition) is 1. The van der Waals surface area contributed by atoms with Gasteiger partial charge in [0.25, 0.3) is 5.91 Å². The van der Waals surface area contributed by atoms with Gasteiger partial charge in [-0.2, -0.15) is 5.10 Å². The predicted molar refractivity (Wildman–Crippen MR) is 111 cm³/mol. The number of rotatable bonds is 4. The van der Waals surface area contributed by atoms with Crippen LogP contribution in [0.4, 0.5) is 0 Å². The van der Waals surface area contributed by atoms with E-state index in [1.165, 1.54) is 22.5 Å². The predicted octanol–water partition coefficient (Wildman–Crippen LogP) is 4.94. The lowest BCUT2D eigenvalue weighted by molar-refractivity contribution is 0.0955. The highest BCUT2D eigenvalue weighted by Crippen LogP contribution is 2.30. The fourth-order valence-corrected chi connectivity index (χ4v) is 4.09. The van der Waals surface area contributed by atoms with E-state index in [1.54, 1.807) is 0 Å². The van der Waals surface area contributed by atoms with E-state index < -0.39 is 0 Å². The summed E-state index contributed by atoms with van der Waals surface area (Å²) in [4.78, 5) is 14.3. The zero-order valence-electron chi connectivity index (χ0n) is 15.6. The van der Waals surface area contributed by atoms with Crippen molar-refractivity contribution in [3.8, 4) is 5.69 Å².